The van der Waals surface area contributed by atoms with Gasteiger partial charge in [0, 0.05) is 91.1 Å². The topological polar surface area (TPSA) is 64.9 Å². The first-order valence-corrected chi connectivity index (χ1v) is 16.3. The van der Waals surface area contributed by atoms with Crippen LogP contribution in [-0.4, -0.2) is 101 Å². The summed E-state index contributed by atoms with van der Waals surface area (Å²) in [5, 5.41) is 0.636. The van der Waals surface area contributed by atoms with Crippen molar-refractivity contribution in [2.24, 2.45) is 0 Å². The predicted molar refractivity (Wildman–Crippen MR) is 173 cm³/mol. The SMILES string of the molecule is C=CC(=O)N1C[C@H](C)N(c2nc(=O)n3c4c(c(-c5cc(Cl)c(F)cc5F)c(C)cc24)SCC3CN2CCN(C)CC2)C[C@H]1C. The maximum Gasteiger partial charge on any atom is 0.350 e. The van der Waals surface area contributed by atoms with Crippen LogP contribution in [0.5, 0.6) is 0 Å². The first-order chi connectivity index (χ1) is 21.0. The number of aromatic nitrogens is 2. The van der Waals surface area contributed by atoms with E-state index in [1.807, 2.05) is 26.8 Å². The van der Waals surface area contributed by atoms with Gasteiger partial charge in [0.15, 0.2) is 0 Å². The molecule has 6 rings (SSSR count). The number of thioether (sulfide) groups is 1. The highest BCUT2D eigenvalue weighted by Gasteiger charge is 2.36. The molecule has 3 atom stereocenters. The molecule has 2 aromatic carbocycles. The summed E-state index contributed by atoms with van der Waals surface area (Å²) in [4.78, 5) is 40.7. The fourth-order valence-electron chi connectivity index (χ4n) is 6.80. The molecule has 0 bridgehead atoms. The van der Waals surface area contributed by atoms with Gasteiger partial charge in [0.05, 0.1) is 16.6 Å². The number of hydrogen-bond acceptors (Lipinski definition) is 7. The van der Waals surface area contributed by atoms with E-state index in [4.69, 9.17) is 16.6 Å². The van der Waals surface area contributed by atoms with Gasteiger partial charge in [-0.25, -0.2) is 13.6 Å². The normalized spacial score (nSPS) is 22.9. The van der Waals surface area contributed by atoms with Gasteiger partial charge in [-0.2, -0.15) is 4.98 Å². The van der Waals surface area contributed by atoms with Crippen molar-refractivity contribution < 1.29 is 13.6 Å². The lowest BCUT2D eigenvalue weighted by Crippen LogP contribution is -2.58. The van der Waals surface area contributed by atoms with E-state index >= 15 is 4.39 Å². The van der Waals surface area contributed by atoms with Crippen molar-refractivity contribution in [3.05, 3.63) is 63.6 Å². The van der Waals surface area contributed by atoms with Crippen LogP contribution in [0.4, 0.5) is 14.6 Å². The highest BCUT2D eigenvalue weighted by Crippen LogP contribution is 2.47. The third-order valence-electron chi connectivity index (χ3n) is 9.19. The van der Waals surface area contributed by atoms with Crippen molar-refractivity contribution in [2.45, 2.75) is 43.8 Å². The summed E-state index contributed by atoms with van der Waals surface area (Å²) in [6.07, 6.45) is 1.33. The van der Waals surface area contributed by atoms with Crippen molar-refractivity contribution in [1.29, 1.82) is 0 Å². The standard InChI is InChI=1S/C32H37ClF2N6O2S/c1-6-27(42)39-14-20(4)40(15-19(39)3)31-23-11-18(2)28(22-12-24(33)26(35)13-25(22)34)30-29(23)41(32(43)36-31)21(17-44-30)16-38-9-7-37(5)8-10-38/h6,11-13,19-21H,1,7-10,14-17H2,2-5H3/t19-,20+,21?/m1/s1. The molecule has 0 spiro atoms. The highest BCUT2D eigenvalue weighted by molar-refractivity contribution is 7.99. The first-order valence-electron chi connectivity index (χ1n) is 15.0. The molecule has 3 aliphatic heterocycles. The number of rotatable bonds is 5. The number of halogens is 3. The average Bonchev–Trinajstić information content (AvgIpc) is 2.99. The second kappa shape index (κ2) is 12.1. The fraction of sp³-hybridized carbons (Fsp3) is 0.469. The molecule has 12 heteroatoms. The third-order valence-corrected chi connectivity index (χ3v) is 10.7. The number of aryl methyl sites for hydroxylation is 1. The minimum Gasteiger partial charge on any atom is -0.349 e. The molecule has 4 heterocycles. The zero-order valence-electron chi connectivity index (χ0n) is 25.4. The van der Waals surface area contributed by atoms with Gasteiger partial charge < -0.3 is 14.7 Å². The lowest BCUT2D eigenvalue weighted by atomic mass is 9.96. The van der Waals surface area contributed by atoms with E-state index in [-0.39, 0.29) is 40.3 Å². The minimum atomic E-state index is -0.819. The predicted octanol–water partition coefficient (Wildman–Crippen LogP) is 4.81. The van der Waals surface area contributed by atoms with Crippen LogP contribution in [0.3, 0.4) is 0 Å². The van der Waals surface area contributed by atoms with Gasteiger partial charge in [0.25, 0.3) is 0 Å². The van der Waals surface area contributed by atoms with E-state index in [0.29, 0.717) is 42.3 Å². The summed E-state index contributed by atoms with van der Waals surface area (Å²) < 4.78 is 31.4. The van der Waals surface area contributed by atoms with E-state index in [1.54, 1.807) is 21.2 Å². The lowest BCUT2D eigenvalue weighted by molar-refractivity contribution is -0.128. The van der Waals surface area contributed by atoms with E-state index in [0.717, 1.165) is 48.1 Å². The largest absolute Gasteiger partial charge is 0.350 e. The van der Waals surface area contributed by atoms with Crippen LogP contribution >= 0.6 is 23.4 Å². The number of carbonyl (C=O) groups excluding carboxylic acids is 1. The summed E-state index contributed by atoms with van der Waals surface area (Å²) in [5.41, 5.74) is 1.93. The fourth-order valence-corrected chi connectivity index (χ4v) is 8.33. The van der Waals surface area contributed by atoms with Crippen molar-refractivity contribution in [3.8, 4) is 11.1 Å². The second-order valence-electron chi connectivity index (χ2n) is 12.2. The third kappa shape index (κ3) is 5.42. The van der Waals surface area contributed by atoms with Gasteiger partial charge >= 0.3 is 5.69 Å². The van der Waals surface area contributed by atoms with Crippen molar-refractivity contribution in [2.75, 3.05) is 63.5 Å². The average molecular weight is 643 g/mol. The van der Waals surface area contributed by atoms with Crippen LogP contribution < -0.4 is 10.6 Å². The van der Waals surface area contributed by atoms with Crippen LogP contribution in [0.1, 0.15) is 25.5 Å². The number of carbonyl (C=O) groups is 1. The van der Waals surface area contributed by atoms with Crippen LogP contribution in [-0.2, 0) is 4.79 Å². The zero-order valence-corrected chi connectivity index (χ0v) is 27.0. The monoisotopic (exact) mass is 642 g/mol. The molecule has 0 N–H and O–H groups in total. The van der Waals surface area contributed by atoms with Crippen molar-refractivity contribution in [3.63, 3.8) is 0 Å². The second-order valence-corrected chi connectivity index (χ2v) is 13.7. The number of piperazine rings is 2. The van der Waals surface area contributed by atoms with Crippen LogP contribution in [0.15, 0.2) is 40.5 Å². The van der Waals surface area contributed by atoms with Gasteiger partial charge in [-0.1, -0.05) is 18.2 Å². The maximum atomic E-state index is 15.4. The molecule has 2 saturated heterocycles. The summed E-state index contributed by atoms with van der Waals surface area (Å²) in [5.74, 6) is -0.490. The first kappa shape index (κ1) is 31.0. The number of likely N-dealkylation sites (N-methyl/N-ethyl adjacent to an activating group) is 1. The zero-order chi connectivity index (χ0) is 31.4. The molecule has 3 aliphatic rings. The Kier molecular flexibility index (Phi) is 8.51. The summed E-state index contributed by atoms with van der Waals surface area (Å²) >= 11 is 7.75. The number of hydrogen-bond donors (Lipinski definition) is 0. The Labute approximate surface area is 265 Å². The number of nitrogens with zero attached hydrogens (tertiary/aromatic N) is 6. The Balaban J connectivity index is 1.54. The molecular weight excluding hydrogens is 606 g/mol. The van der Waals surface area contributed by atoms with Crippen molar-refractivity contribution >= 4 is 46.0 Å². The minimum absolute atomic E-state index is 0.116. The molecule has 1 unspecified atom stereocenters. The Hall–Kier alpha value is -2.99. The molecule has 0 saturated carbocycles. The molecule has 0 radical (unpaired) electrons. The molecule has 0 aliphatic carbocycles. The molecule has 2 fully saturated rings. The quantitative estimate of drug-likeness (QED) is 0.293. The number of amides is 1. The number of benzene rings is 2. The summed E-state index contributed by atoms with van der Waals surface area (Å²) in [7, 11) is 2.11. The van der Waals surface area contributed by atoms with Gasteiger partial charge in [-0.3, -0.25) is 14.3 Å². The van der Waals surface area contributed by atoms with E-state index < -0.39 is 11.6 Å². The number of anilines is 1. The van der Waals surface area contributed by atoms with Gasteiger partial charge in [-0.05, 0) is 51.6 Å². The van der Waals surface area contributed by atoms with Crippen LogP contribution in [0.25, 0.3) is 22.0 Å². The van der Waals surface area contributed by atoms with Crippen molar-refractivity contribution in [1.82, 2.24) is 24.3 Å². The van der Waals surface area contributed by atoms with E-state index in [2.05, 4.69) is 28.3 Å². The molecule has 8 nitrogen and oxygen atoms in total. The Bertz CT molecular complexity index is 1710. The smallest absolute Gasteiger partial charge is 0.349 e. The van der Waals surface area contributed by atoms with Gasteiger partial charge in [-0.15, -0.1) is 11.8 Å². The molecule has 44 heavy (non-hydrogen) atoms. The van der Waals surface area contributed by atoms with Gasteiger partial charge in [0.1, 0.15) is 17.5 Å². The van der Waals surface area contributed by atoms with Crippen LogP contribution in [0, 0.1) is 18.6 Å². The lowest BCUT2D eigenvalue weighted by Gasteiger charge is -2.45. The molecule has 1 aromatic heterocycles. The van der Waals surface area contributed by atoms with E-state index in [9.17, 15) is 14.0 Å². The van der Waals surface area contributed by atoms with E-state index in [1.165, 1.54) is 12.1 Å². The Morgan fingerprint density at radius 2 is 1.84 bits per heavy atom. The highest BCUT2D eigenvalue weighted by atomic mass is 35.5. The molecule has 3 aromatic rings. The summed E-state index contributed by atoms with van der Waals surface area (Å²) in [6.45, 7) is 14.9. The Morgan fingerprint density at radius 3 is 2.55 bits per heavy atom. The Morgan fingerprint density at radius 1 is 1.11 bits per heavy atom. The van der Waals surface area contributed by atoms with Gasteiger partial charge in [0.2, 0.25) is 5.91 Å². The van der Waals surface area contributed by atoms with Crippen LogP contribution in [0.2, 0.25) is 5.02 Å². The maximum absolute atomic E-state index is 15.4. The molecule has 234 valence electrons. The molecular formula is C32H37ClF2N6O2S. The summed E-state index contributed by atoms with van der Waals surface area (Å²) in [6, 6.07) is 3.73. The molecule has 1 amide bonds.